The molecule has 4 heteroatoms. The van der Waals surface area contributed by atoms with Crippen LogP contribution in [0.4, 0.5) is 0 Å². The zero-order chi connectivity index (χ0) is 15.7. The van der Waals surface area contributed by atoms with E-state index < -0.39 is 0 Å². The van der Waals surface area contributed by atoms with Crippen LogP contribution in [-0.2, 0) is 6.54 Å². The minimum absolute atomic E-state index is 0.560. The highest BCUT2D eigenvalue weighted by Crippen LogP contribution is 2.03. The molecule has 1 aromatic carbocycles. The van der Waals surface area contributed by atoms with Gasteiger partial charge in [0.05, 0.1) is 6.54 Å². The molecule has 0 amide bonds. The molecular weight excluding hydrogens is 260 g/mol. The smallest absolute Gasteiger partial charge is 0.194 e. The molecule has 0 heterocycles. The Morgan fingerprint density at radius 2 is 1.86 bits per heavy atom. The minimum Gasteiger partial charge on any atom is -0.357 e. The van der Waals surface area contributed by atoms with Crippen molar-refractivity contribution in [3.05, 3.63) is 35.9 Å². The number of guanidine groups is 1. The summed E-state index contributed by atoms with van der Waals surface area (Å²) in [5, 5.41) is 3.36. The number of hydrogen-bond donors (Lipinski definition) is 1. The van der Waals surface area contributed by atoms with Gasteiger partial charge >= 0.3 is 0 Å². The lowest BCUT2D eigenvalue weighted by molar-refractivity contribution is 0.281. The molecule has 0 atom stereocenters. The molecule has 0 saturated carbocycles. The van der Waals surface area contributed by atoms with E-state index in [2.05, 4.69) is 74.2 Å². The van der Waals surface area contributed by atoms with Gasteiger partial charge in [-0.05, 0) is 33.4 Å². The van der Waals surface area contributed by atoms with Crippen LogP contribution in [0.5, 0.6) is 0 Å². The van der Waals surface area contributed by atoms with Crippen molar-refractivity contribution in [3.63, 3.8) is 0 Å². The molecule has 21 heavy (non-hydrogen) atoms. The Hall–Kier alpha value is -1.55. The topological polar surface area (TPSA) is 30.9 Å². The number of nitrogens with zero attached hydrogens (tertiary/aromatic N) is 3. The van der Waals surface area contributed by atoms with Gasteiger partial charge < -0.3 is 15.1 Å². The third kappa shape index (κ3) is 6.63. The van der Waals surface area contributed by atoms with Gasteiger partial charge in [0.25, 0.3) is 0 Å². The second-order valence-electron chi connectivity index (χ2n) is 5.65. The molecule has 0 saturated heterocycles. The summed E-state index contributed by atoms with van der Waals surface area (Å²) in [7, 11) is 4.22. The van der Waals surface area contributed by atoms with Crippen molar-refractivity contribution in [2.75, 3.05) is 33.7 Å². The van der Waals surface area contributed by atoms with Crippen molar-refractivity contribution >= 4 is 5.96 Å². The quantitative estimate of drug-likeness (QED) is 0.618. The molecule has 0 aliphatic heterocycles. The van der Waals surface area contributed by atoms with Gasteiger partial charge in [-0.25, -0.2) is 0 Å². The van der Waals surface area contributed by atoms with Gasteiger partial charge in [0.1, 0.15) is 0 Å². The van der Waals surface area contributed by atoms with Crippen LogP contribution in [0.3, 0.4) is 0 Å². The first-order valence-electron chi connectivity index (χ1n) is 7.78. The molecule has 0 bridgehead atoms. The lowest BCUT2D eigenvalue weighted by Gasteiger charge is -2.23. The van der Waals surface area contributed by atoms with Crippen LogP contribution >= 0.6 is 0 Å². The lowest BCUT2D eigenvalue weighted by atomic mass is 10.2. The highest BCUT2D eigenvalue weighted by atomic mass is 15.3. The summed E-state index contributed by atoms with van der Waals surface area (Å²) in [6.45, 7) is 10.1. The second kappa shape index (κ2) is 9.40. The van der Waals surface area contributed by atoms with E-state index in [4.69, 9.17) is 4.99 Å². The number of aliphatic imine (C=N–C) groups is 1. The molecule has 1 aromatic rings. The predicted octanol–water partition coefficient (Wildman–Crippen LogP) is 2.42. The molecule has 4 nitrogen and oxygen atoms in total. The molecule has 0 fully saturated rings. The van der Waals surface area contributed by atoms with E-state index in [1.54, 1.807) is 0 Å². The number of hydrogen-bond acceptors (Lipinski definition) is 2. The van der Waals surface area contributed by atoms with Crippen molar-refractivity contribution in [1.29, 1.82) is 0 Å². The number of likely N-dealkylation sites (N-methyl/N-ethyl adjacent to an activating group) is 1. The Labute approximate surface area is 129 Å². The molecule has 0 unspecified atom stereocenters. The SMILES string of the molecule is CCNC(=NCCN(C)C(C)C)N(C)Cc1ccccc1. The van der Waals surface area contributed by atoms with Gasteiger partial charge in [0.2, 0.25) is 0 Å². The van der Waals surface area contributed by atoms with Crippen LogP contribution in [0.1, 0.15) is 26.3 Å². The van der Waals surface area contributed by atoms with Crippen LogP contribution in [-0.4, -0.2) is 55.5 Å². The summed E-state index contributed by atoms with van der Waals surface area (Å²) in [5.74, 6) is 0.971. The molecule has 1 N–H and O–H groups in total. The van der Waals surface area contributed by atoms with Crippen molar-refractivity contribution < 1.29 is 0 Å². The highest BCUT2D eigenvalue weighted by molar-refractivity contribution is 5.79. The molecule has 0 spiro atoms. The van der Waals surface area contributed by atoms with Crippen molar-refractivity contribution in [1.82, 2.24) is 15.1 Å². The average Bonchev–Trinajstić information content (AvgIpc) is 2.47. The van der Waals surface area contributed by atoms with E-state index in [0.717, 1.165) is 32.1 Å². The van der Waals surface area contributed by atoms with Crippen LogP contribution in [0.25, 0.3) is 0 Å². The normalized spacial score (nSPS) is 12.0. The van der Waals surface area contributed by atoms with Gasteiger partial charge in [-0.3, -0.25) is 4.99 Å². The van der Waals surface area contributed by atoms with Crippen molar-refractivity contribution in [3.8, 4) is 0 Å². The third-order valence-electron chi connectivity index (χ3n) is 3.55. The van der Waals surface area contributed by atoms with E-state index in [-0.39, 0.29) is 0 Å². The second-order valence-corrected chi connectivity index (χ2v) is 5.65. The van der Waals surface area contributed by atoms with Crippen molar-refractivity contribution in [2.24, 2.45) is 4.99 Å². The zero-order valence-electron chi connectivity index (χ0n) is 14.1. The van der Waals surface area contributed by atoms with E-state index in [9.17, 15) is 0 Å². The molecular formula is C17H30N4. The highest BCUT2D eigenvalue weighted by Gasteiger charge is 2.07. The van der Waals surface area contributed by atoms with Crippen LogP contribution in [0.15, 0.2) is 35.3 Å². The Bertz CT molecular complexity index is 414. The molecule has 0 aliphatic rings. The van der Waals surface area contributed by atoms with E-state index in [1.807, 2.05) is 6.07 Å². The number of rotatable bonds is 7. The van der Waals surface area contributed by atoms with Gasteiger partial charge in [-0.15, -0.1) is 0 Å². The molecule has 0 radical (unpaired) electrons. The van der Waals surface area contributed by atoms with Gasteiger partial charge in [0.15, 0.2) is 5.96 Å². The summed E-state index contributed by atoms with van der Waals surface area (Å²) < 4.78 is 0. The average molecular weight is 290 g/mol. The maximum Gasteiger partial charge on any atom is 0.194 e. The van der Waals surface area contributed by atoms with Gasteiger partial charge in [-0.2, -0.15) is 0 Å². The first-order chi connectivity index (χ1) is 10.0. The van der Waals surface area contributed by atoms with Gasteiger partial charge in [-0.1, -0.05) is 30.3 Å². The third-order valence-corrected chi connectivity index (χ3v) is 3.55. The largest absolute Gasteiger partial charge is 0.357 e. The zero-order valence-corrected chi connectivity index (χ0v) is 14.1. The minimum atomic E-state index is 0.560. The molecule has 0 aromatic heterocycles. The van der Waals surface area contributed by atoms with Crippen LogP contribution in [0, 0.1) is 0 Å². The summed E-state index contributed by atoms with van der Waals surface area (Å²) in [6.07, 6.45) is 0. The fourth-order valence-electron chi connectivity index (χ4n) is 1.97. The van der Waals surface area contributed by atoms with E-state index >= 15 is 0 Å². The summed E-state index contributed by atoms with van der Waals surface area (Å²) in [4.78, 5) is 9.21. The Morgan fingerprint density at radius 3 is 2.43 bits per heavy atom. The Balaban J connectivity index is 2.58. The summed E-state index contributed by atoms with van der Waals surface area (Å²) >= 11 is 0. The Morgan fingerprint density at radius 1 is 1.19 bits per heavy atom. The molecule has 0 aliphatic carbocycles. The summed E-state index contributed by atoms with van der Waals surface area (Å²) in [6, 6.07) is 11.0. The number of benzene rings is 1. The summed E-state index contributed by atoms with van der Waals surface area (Å²) in [5.41, 5.74) is 1.30. The predicted molar refractivity (Wildman–Crippen MR) is 91.7 cm³/mol. The Kier molecular flexibility index (Phi) is 7.83. The molecule has 118 valence electrons. The fraction of sp³-hybridized carbons (Fsp3) is 0.588. The van der Waals surface area contributed by atoms with Gasteiger partial charge in [0, 0.05) is 32.7 Å². The first kappa shape index (κ1) is 17.5. The first-order valence-corrected chi connectivity index (χ1v) is 7.78. The van der Waals surface area contributed by atoms with Crippen molar-refractivity contribution in [2.45, 2.75) is 33.4 Å². The monoisotopic (exact) mass is 290 g/mol. The fourth-order valence-corrected chi connectivity index (χ4v) is 1.97. The van der Waals surface area contributed by atoms with E-state index in [0.29, 0.717) is 6.04 Å². The van der Waals surface area contributed by atoms with Crippen LogP contribution in [0.2, 0.25) is 0 Å². The molecule has 1 rings (SSSR count). The standard InChI is InChI=1S/C17H30N4/c1-6-18-17(19-12-13-20(4)15(2)3)21(5)14-16-10-8-7-9-11-16/h7-11,15H,6,12-14H2,1-5H3,(H,18,19). The number of nitrogens with one attached hydrogen (secondary N) is 1. The lowest BCUT2D eigenvalue weighted by Crippen LogP contribution is -2.39. The van der Waals surface area contributed by atoms with E-state index in [1.165, 1.54) is 5.56 Å². The maximum absolute atomic E-state index is 4.72. The maximum atomic E-state index is 4.72. The van der Waals surface area contributed by atoms with Crippen LogP contribution < -0.4 is 5.32 Å².